The van der Waals surface area contributed by atoms with Crippen LogP contribution < -0.4 is 10.6 Å². The van der Waals surface area contributed by atoms with Crippen molar-refractivity contribution in [1.29, 1.82) is 5.26 Å². The van der Waals surface area contributed by atoms with Crippen LogP contribution in [0.4, 0.5) is 0 Å². The van der Waals surface area contributed by atoms with E-state index < -0.39 is 0 Å². The number of aliphatic imine (C=N–C) groups is 1. The number of nitriles is 1. The molecule has 120 valence electrons. The Kier molecular flexibility index (Phi) is 4.68. The van der Waals surface area contributed by atoms with Crippen molar-refractivity contribution < 1.29 is 0 Å². The molecule has 0 bridgehead atoms. The van der Waals surface area contributed by atoms with Crippen LogP contribution in [-0.4, -0.2) is 27.3 Å². The van der Waals surface area contributed by atoms with Gasteiger partial charge in [0.1, 0.15) is 11.6 Å². The first-order valence-corrected chi connectivity index (χ1v) is 7.56. The van der Waals surface area contributed by atoms with Gasteiger partial charge in [-0.15, -0.1) is 0 Å². The predicted molar refractivity (Wildman–Crippen MR) is 91.3 cm³/mol. The standard InChI is InChI=1S/C17H17N7/c1-13-12-21-17(20-8-10-24-9-4-7-22-24)23-16(13)14(11-18)15-5-2-3-6-19-15/h2-7,9,12H,8,10H2,1H3,(H2,20,21,23)/b16-14+. The van der Waals surface area contributed by atoms with Crippen molar-refractivity contribution in [3.05, 3.63) is 66.0 Å². The molecule has 0 fully saturated rings. The van der Waals surface area contributed by atoms with Crippen molar-refractivity contribution in [1.82, 2.24) is 25.4 Å². The van der Waals surface area contributed by atoms with E-state index in [1.165, 1.54) is 0 Å². The molecule has 0 amide bonds. The summed E-state index contributed by atoms with van der Waals surface area (Å²) >= 11 is 0. The summed E-state index contributed by atoms with van der Waals surface area (Å²) in [5, 5.41) is 20.0. The molecule has 7 heteroatoms. The second-order valence-electron chi connectivity index (χ2n) is 5.17. The molecule has 24 heavy (non-hydrogen) atoms. The second-order valence-corrected chi connectivity index (χ2v) is 5.17. The van der Waals surface area contributed by atoms with Crippen LogP contribution >= 0.6 is 0 Å². The molecule has 0 aromatic carbocycles. The van der Waals surface area contributed by atoms with Gasteiger partial charge in [0.2, 0.25) is 0 Å². The molecule has 0 aliphatic carbocycles. The van der Waals surface area contributed by atoms with Crippen LogP contribution in [0.5, 0.6) is 0 Å². The highest BCUT2D eigenvalue weighted by molar-refractivity contribution is 5.90. The maximum absolute atomic E-state index is 9.55. The minimum absolute atomic E-state index is 0.491. The Hall–Kier alpha value is -3.40. The van der Waals surface area contributed by atoms with Gasteiger partial charge in [0.25, 0.3) is 0 Å². The number of aromatic nitrogens is 3. The van der Waals surface area contributed by atoms with E-state index >= 15 is 0 Å². The summed E-state index contributed by atoms with van der Waals surface area (Å²) in [5.41, 5.74) is 2.76. The second kappa shape index (κ2) is 7.24. The number of nitrogens with one attached hydrogen (secondary N) is 2. The Bertz CT molecular complexity index is 824. The average Bonchev–Trinajstić information content (AvgIpc) is 3.12. The minimum atomic E-state index is 0.491. The van der Waals surface area contributed by atoms with Crippen LogP contribution in [0.1, 0.15) is 12.6 Å². The minimum Gasteiger partial charge on any atom is -0.332 e. The molecule has 1 aliphatic rings. The van der Waals surface area contributed by atoms with Crippen LogP contribution in [0.3, 0.4) is 0 Å². The quantitative estimate of drug-likeness (QED) is 0.837. The van der Waals surface area contributed by atoms with Crippen LogP contribution in [0.2, 0.25) is 0 Å². The van der Waals surface area contributed by atoms with Gasteiger partial charge in [-0.3, -0.25) is 14.7 Å². The largest absolute Gasteiger partial charge is 0.332 e. The maximum Gasteiger partial charge on any atom is 0.199 e. The Morgan fingerprint density at radius 3 is 2.96 bits per heavy atom. The fraction of sp³-hybridized carbons (Fsp3) is 0.176. The van der Waals surface area contributed by atoms with Gasteiger partial charge in [-0.05, 0) is 30.7 Å². The third-order valence-electron chi connectivity index (χ3n) is 3.50. The molecule has 0 saturated heterocycles. The zero-order valence-corrected chi connectivity index (χ0v) is 13.3. The number of hydrogen-bond acceptors (Lipinski definition) is 4. The summed E-state index contributed by atoms with van der Waals surface area (Å²) in [7, 11) is 0. The number of nitrogens with zero attached hydrogens (tertiary/aromatic N) is 5. The Morgan fingerprint density at radius 1 is 1.33 bits per heavy atom. The van der Waals surface area contributed by atoms with Crippen LogP contribution in [0.25, 0.3) is 5.57 Å². The zero-order valence-electron chi connectivity index (χ0n) is 13.3. The fourth-order valence-electron chi connectivity index (χ4n) is 2.30. The molecule has 0 unspecified atom stereocenters. The van der Waals surface area contributed by atoms with Gasteiger partial charge in [-0.1, -0.05) is 6.07 Å². The average molecular weight is 319 g/mol. The molecule has 7 nitrogen and oxygen atoms in total. The molecule has 0 atom stereocenters. The first-order valence-electron chi connectivity index (χ1n) is 7.56. The molecule has 2 N–H and O–H groups in total. The molecule has 3 heterocycles. The van der Waals surface area contributed by atoms with E-state index in [9.17, 15) is 5.26 Å². The summed E-state index contributed by atoms with van der Waals surface area (Å²) in [6.07, 6.45) is 7.14. The normalized spacial score (nSPS) is 17.5. The molecule has 2 aromatic heterocycles. The van der Waals surface area contributed by atoms with Gasteiger partial charge in [-0.2, -0.15) is 10.4 Å². The summed E-state index contributed by atoms with van der Waals surface area (Å²) in [4.78, 5) is 8.74. The maximum atomic E-state index is 9.55. The van der Waals surface area contributed by atoms with Crippen LogP contribution in [-0.2, 0) is 6.54 Å². The smallest absolute Gasteiger partial charge is 0.199 e. The van der Waals surface area contributed by atoms with Crippen LogP contribution in [0.15, 0.2) is 65.3 Å². The lowest BCUT2D eigenvalue weighted by atomic mass is 10.1. The van der Waals surface area contributed by atoms with Gasteiger partial charge in [0, 0.05) is 24.8 Å². The molecule has 0 spiro atoms. The fourth-order valence-corrected chi connectivity index (χ4v) is 2.30. The molecule has 2 aromatic rings. The van der Waals surface area contributed by atoms with Gasteiger partial charge in [-0.25, -0.2) is 0 Å². The van der Waals surface area contributed by atoms with Crippen LogP contribution in [0, 0.1) is 11.3 Å². The van der Waals surface area contributed by atoms with E-state index in [0.717, 1.165) is 5.57 Å². The number of guanidine groups is 1. The molecule has 3 rings (SSSR count). The summed E-state index contributed by atoms with van der Waals surface area (Å²) in [5.74, 6) is 0.603. The summed E-state index contributed by atoms with van der Waals surface area (Å²) in [6.45, 7) is 3.19. The topological polar surface area (TPSA) is 90.9 Å². The predicted octanol–water partition coefficient (Wildman–Crippen LogP) is 1.67. The van der Waals surface area contributed by atoms with E-state index in [2.05, 4.69) is 31.8 Å². The highest BCUT2D eigenvalue weighted by Gasteiger charge is 2.17. The first kappa shape index (κ1) is 15.5. The van der Waals surface area contributed by atoms with Crippen molar-refractivity contribution in [2.75, 3.05) is 6.54 Å². The Morgan fingerprint density at radius 2 is 2.25 bits per heavy atom. The lowest BCUT2D eigenvalue weighted by Crippen LogP contribution is -2.39. The van der Waals surface area contributed by atoms with Gasteiger partial charge >= 0.3 is 0 Å². The van der Waals surface area contributed by atoms with E-state index in [-0.39, 0.29) is 0 Å². The molecular weight excluding hydrogens is 302 g/mol. The summed E-state index contributed by atoms with van der Waals surface area (Å²) < 4.78 is 1.82. The third kappa shape index (κ3) is 3.50. The number of pyridine rings is 1. The first-order chi connectivity index (χ1) is 11.8. The number of hydrogen-bond donors (Lipinski definition) is 2. The highest BCUT2D eigenvalue weighted by Crippen LogP contribution is 2.20. The lowest BCUT2D eigenvalue weighted by Gasteiger charge is -2.21. The highest BCUT2D eigenvalue weighted by atomic mass is 15.3. The molecular formula is C17H17N7. The van der Waals surface area contributed by atoms with E-state index in [4.69, 9.17) is 0 Å². The van der Waals surface area contributed by atoms with E-state index in [1.807, 2.05) is 48.3 Å². The van der Waals surface area contributed by atoms with E-state index in [0.29, 0.717) is 36.0 Å². The Balaban J connectivity index is 1.81. The molecule has 0 radical (unpaired) electrons. The lowest BCUT2D eigenvalue weighted by molar-refractivity contribution is 0.624. The zero-order chi connectivity index (χ0) is 16.8. The van der Waals surface area contributed by atoms with Gasteiger partial charge in [0.05, 0.1) is 24.5 Å². The van der Waals surface area contributed by atoms with Crippen molar-refractivity contribution >= 4 is 11.5 Å². The van der Waals surface area contributed by atoms with Crippen molar-refractivity contribution in [3.8, 4) is 6.07 Å². The van der Waals surface area contributed by atoms with Crippen molar-refractivity contribution in [3.63, 3.8) is 0 Å². The van der Waals surface area contributed by atoms with Gasteiger partial charge in [0.15, 0.2) is 5.96 Å². The van der Waals surface area contributed by atoms with Gasteiger partial charge < -0.3 is 10.6 Å². The monoisotopic (exact) mass is 319 g/mol. The van der Waals surface area contributed by atoms with E-state index in [1.54, 1.807) is 12.4 Å². The van der Waals surface area contributed by atoms with Crippen molar-refractivity contribution in [2.24, 2.45) is 4.99 Å². The number of rotatable bonds is 4. The Labute approximate surface area is 140 Å². The number of allylic oxidation sites excluding steroid dienone is 2. The third-order valence-corrected chi connectivity index (χ3v) is 3.50. The summed E-state index contributed by atoms with van der Waals surface area (Å²) in [6, 6.07) is 9.61. The van der Waals surface area contributed by atoms with Crippen molar-refractivity contribution in [2.45, 2.75) is 13.5 Å². The molecule has 0 saturated carbocycles. The molecule has 1 aliphatic heterocycles. The SMILES string of the molecule is CC1=CNC(=NCCn2cccn2)N/C1=C(\C#N)c1ccccn1.